The third kappa shape index (κ3) is 4.72. The summed E-state index contributed by atoms with van der Waals surface area (Å²) in [7, 11) is -3.91. The van der Waals surface area contributed by atoms with Crippen molar-refractivity contribution >= 4 is 55.0 Å². The molecule has 0 atom stereocenters. The second-order valence-electron chi connectivity index (χ2n) is 8.81. The number of para-hydroxylation sites is 2. The van der Waals surface area contributed by atoms with Gasteiger partial charge in [0.1, 0.15) is 6.54 Å². The highest BCUT2D eigenvalue weighted by molar-refractivity contribution is 7.85. The fourth-order valence-corrected chi connectivity index (χ4v) is 5.57. The average molecular weight is 486 g/mol. The van der Waals surface area contributed by atoms with E-state index in [1.807, 2.05) is 12.1 Å². The molecular formula is C29H29N2O3S+. The maximum Gasteiger partial charge on any atom is 0.264 e. The first kappa shape index (κ1) is 23.3. The quantitative estimate of drug-likeness (QED) is 0.164. The minimum Gasteiger partial charge on any atom is -0.341 e. The van der Waals surface area contributed by atoms with Gasteiger partial charge in [0.2, 0.25) is 5.52 Å². The molecule has 0 bridgehead atoms. The lowest BCUT2D eigenvalue weighted by Crippen LogP contribution is -2.34. The zero-order valence-electron chi connectivity index (χ0n) is 19.8. The molecule has 6 heteroatoms. The molecule has 5 aromatic rings. The molecule has 0 fully saturated rings. The van der Waals surface area contributed by atoms with Crippen molar-refractivity contribution in [1.82, 2.24) is 4.57 Å². The van der Waals surface area contributed by atoms with Crippen molar-refractivity contribution in [2.75, 3.05) is 5.75 Å². The summed E-state index contributed by atoms with van der Waals surface area (Å²) in [6.45, 7) is 3.79. The SMILES string of the molecule is CCn1c2ccccc2c2c(/C=C/c3cc[n+](CCCCS(=O)(=O)O)c4ccccc34)cccc21. The molecule has 0 unspecified atom stereocenters. The van der Waals surface area contributed by atoms with Gasteiger partial charge in [0.15, 0.2) is 6.20 Å². The molecule has 5 nitrogen and oxygen atoms in total. The third-order valence-corrected chi connectivity index (χ3v) is 7.40. The highest BCUT2D eigenvalue weighted by atomic mass is 32.2. The number of hydrogen-bond acceptors (Lipinski definition) is 2. The van der Waals surface area contributed by atoms with E-state index in [0.29, 0.717) is 19.4 Å². The molecule has 0 saturated heterocycles. The maximum atomic E-state index is 11.0. The van der Waals surface area contributed by atoms with Gasteiger partial charge in [-0.25, -0.2) is 0 Å². The van der Waals surface area contributed by atoms with Gasteiger partial charge in [0.25, 0.3) is 10.1 Å². The molecule has 3 aromatic carbocycles. The van der Waals surface area contributed by atoms with E-state index in [4.69, 9.17) is 4.55 Å². The van der Waals surface area contributed by atoms with Crippen LogP contribution in [0.1, 0.15) is 30.9 Å². The van der Waals surface area contributed by atoms with Crippen LogP contribution in [0.15, 0.2) is 79.0 Å². The fourth-order valence-electron chi connectivity index (χ4n) is 5.00. The molecule has 0 aliphatic heterocycles. The van der Waals surface area contributed by atoms with Crippen LogP contribution in [0.4, 0.5) is 0 Å². The Kier molecular flexibility index (Phi) is 6.41. The van der Waals surface area contributed by atoms with Crippen molar-refractivity contribution in [3.05, 3.63) is 90.1 Å². The summed E-state index contributed by atoms with van der Waals surface area (Å²) < 4.78 is 35.5. The van der Waals surface area contributed by atoms with Gasteiger partial charge in [-0.05, 0) is 42.7 Å². The molecule has 2 aromatic heterocycles. The molecule has 0 aliphatic carbocycles. The largest absolute Gasteiger partial charge is 0.341 e. The van der Waals surface area contributed by atoms with Crippen LogP contribution in [0.5, 0.6) is 0 Å². The molecule has 1 N–H and O–H groups in total. The minimum absolute atomic E-state index is 0.202. The van der Waals surface area contributed by atoms with Crippen molar-refractivity contribution in [1.29, 1.82) is 0 Å². The highest BCUT2D eigenvalue weighted by Crippen LogP contribution is 2.32. The first-order valence-corrected chi connectivity index (χ1v) is 13.6. The predicted octanol–water partition coefficient (Wildman–Crippen LogP) is 6.09. The lowest BCUT2D eigenvalue weighted by molar-refractivity contribution is -0.671. The van der Waals surface area contributed by atoms with Crippen molar-refractivity contribution in [3.8, 4) is 0 Å². The number of aromatic nitrogens is 2. The van der Waals surface area contributed by atoms with E-state index in [1.165, 1.54) is 27.4 Å². The Morgan fingerprint density at radius 1 is 0.829 bits per heavy atom. The van der Waals surface area contributed by atoms with Gasteiger partial charge in [0, 0.05) is 46.9 Å². The number of rotatable bonds is 8. The van der Waals surface area contributed by atoms with Crippen LogP contribution < -0.4 is 4.57 Å². The number of unbranched alkanes of at least 4 members (excludes halogenated alkanes) is 1. The summed E-state index contributed by atoms with van der Waals surface area (Å²) in [6.07, 6.45) is 7.54. The number of hydrogen-bond donors (Lipinski definition) is 1. The minimum atomic E-state index is -3.91. The Hall–Kier alpha value is -3.48. The summed E-state index contributed by atoms with van der Waals surface area (Å²) in [5.41, 5.74) is 5.92. The molecule has 2 heterocycles. The fraction of sp³-hybridized carbons (Fsp3) is 0.207. The first-order chi connectivity index (χ1) is 17.0. The average Bonchev–Trinajstić information content (AvgIpc) is 3.19. The molecule has 0 saturated carbocycles. The number of fused-ring (bicyclic) bond motifs is 4. The molecule has 178 valence electrons. The van der Waals surface area contributed by atoms with Gasteiger partial charge in [-0.2, -0.15) is 13.0 Å². The lowest BCUT2D eigenvalue weighted by atomic mass is 10.0. The summed E-state index contributed by atoms with van der Waals surface area (Å²) in [5, 5.41) is 3.68. The molecule has 0 amide bonds. The molecule has 0 radical (unpaired) electrons. The lowest BCUT2D eigenvalue weighted by Gasteiger charge is -2.05. The van der Waals surface area contributed by atoms with Crippen LogP contribution in [0.2, 0.25) is 0 Å². The zero-order valence-corrected chi connectivity index (χ0v) is 20.6. The molecule has 0 spiro atoms. The van der Waals surface area contributed by atoms with Crippen molar-refractivity contribution in [2.24, 2.45) is 0 Å². The number of nitrogens with zero attached hydrogens (tertiary/aromatic N) is 2. The Balaban J connectivity index is 1.51. The van der Waals surface area contributed by atoms with E-state index >= 15 is 0 Å². The van der Waals surface area contributed by atoms with Gasteiger partial charge >= 0.3 is 0 Å². The molecule has 5 rings (SSSR count). The van der Waals surface area contributed by atoms with Crippen LogP contribution >= 0.6 is 0 Å². The van der Waals surface area contributed by atoms with Crippen molar-refractivity contribution < 1.29 is 17.5 Å². The van der Waals surface area contributed by atoms with Gasteiger partial charge in [-0.3, -0.25) is 4.55 Å². The second-order valence-corrected chi connectivity index (χ2v) is 10.4. The first-order valence-electron chi connectivity index (χ1n) is 12.0. The normalized spacial score (nSPS) is 12.4. The van der Waals surface area contributed by atoms with Crippen LogP contribution in [-0.2, 0) is 23.2 Å². The Labute approximate surface area is 205 Å². The third-order valence-electron chi connectivity index (χ3n) is 6.60. The zero-order chi connectivity index (χ0) is 24.4. The van der Waals surface area contributed by atoms with Gasteiger partial charge < -0.3 is 4.57 Å². The number of benzene rings is 3. The van der Waals surface area contributed by atoms with E-state index < -0.39 is 10.1 Å². The Morgan fingerprint density at radius 3 is 2.34 bits per heavy atom. The summed E-state index contributed by atoms with van der Waals surface area (Å²) in [6, 6.07) is 25.4. The second kappa shape index (κ2) is 9.64. The smallest absolute Gasteiger partial charge is 0.264 e. The van der Waals surface area contributed by atoms with Crippen LogP contribution in [-0.4, -0.2) is 23.3 Å². The summed E-state index contributed by atoms with van der Waals surface area (Å²) >= 11 is 0. The number of aryl methyl sites for hydroxylation is 2. The van der Waals surface area contributed by atoms with E-state index in [-0.39, 0.29) is 5.75 Å². The van der Waals surface area contributed by atoms with Crippen molar-refractivity contribution in [2.45, 2.75) is 32.9 Å². The van der Waals surface area contributed by atoms with Gasteiger partial charge in [-0.1, -0.05) is 54.6 Å². The van der Waals surface area contributed by atoms with E-state index in [2.05, 4.69) is 95.1 Å². The van der Waals surface area contributed by atoms with Crippen molar-refractivity contribution in [3.63, 3.8) is 0 Å². The van der Waals surface area contributed by atoms with Crippen LogP contribution in [0, 0.1) is 0 Å². The molecular weight excluding hydrogens is 456 g/mol. The van der Waals surface area contributed by atoms with E-state index in [1.54, 1.807) is 0 Å². The maximum absolute atomic E-state index is 11.0. The Morgan fingerprint density at radius 2 is 1.54 bits per heavy atom. The van der Waals surface area contributed by atoms with E-state index in [0.717, 1.165) is 23.0 Å². The summed E-state index contributed by atoms with van der Waals surface area (Å²) in [5.74, 6) is -0.202. The predicted molar refractivity (Wildman–Crippen MR) is 144 cm³/mol. The van der Waals surface area contributed by atoms with Crippen LogP contribution in [0.3, 0.4) is 0 Å². The molecule has 0 aliphatic rings. The Bertz CT molecular complexity index is 1670. The topological polar surface area (TPSA) is 63.2 Å². The van der Waals surface area contributed by atoms with Crippen LogP contribution in [0.25, 0.3) is 44.9 Å². The van der Waals surface area contributed by atoms with E-state index in [9.17, 15) is 8.42 Å². The van der Waals surface area contributed by atoms with Gasteiger partial charge in [-0.15, -0.1) is 0 Å². The number of pyridine rings is 1. The monoisotopic (exact) mass is 485 g/mol. The standard InChI is InChI=1S/C29H28N2O3S/c1-2-31-27-14-6-4-12-25(27)29-23(10-9-15-28(29)31)17-16-22-18-20-30(19-7-8-21-35(32,33)34)26-13-5-3-11-24(22)26/h3-6,9-18,20H,2,7-8,19,21H2,1H3/p+1. The van der Waals surface area contributed by atoms with Gasteiger partial charge in [0.05, 0.1) is 11.1 Å². The summed E-state index contributed by atoms with van der Waals surface area (Å²) in [4.78, 5) is 0. The molecule has 35 heavy (non-hydrogen) atoms. The highest BCUT2D eigenvalue weighted by Gasteiger charge is 2.14.